The summed E-state index contributed by atoms with van der Waals surface area (Å²) in [4.78, 5) is 50.8. The third-order valence-electron chi connectivity index (χ3n) is 6.48. The number of amides is 2. The standard InChI is InChI=1S/C33H28N2O7/c1-35(31(37)24-9-11-25(12-10-24)32(38)39)26-15-13-23(14-16-26)30(36)34-29-19-8-22(20-28(29)33(40)42-3)5-4-21-6-17-27(41-2)18-7-21/h4-20H,1-3H3,(H,34,36)(H,38,39). The van der Waals surface area contributed by atoms with Gasteiger partial charge in [-0.2, -0.15) is 0 Å². The van der Waals surface area contributed by atoms with Gasteiger partial charge in [0.25, 0.3) is 11.8 Å². The molecule has 0 saturated heterocycles. The summed E-state index contributed by atoms with van der Waals surface area (Å²) >= 11 is 0. The summed E-state index contributed by atoms with van der Waals surface area (Å²) in [6.07, 6.45) is 3.74. The molecule has 0 saturated carbocycles. The van der Waals surface area contributed by atoms with Crippen LogP contribution in [0.25, 0.3) is 12.2 Å². The van der Waals surface area contributed by atoms with Gasteiger partial charge in [0.1, 0.15) is 5.75 Å². The number of esters is 1. The van der Waals surface area contributed by atoms with E-state index in [1.807, 2.05) is 36.4 Å². The van der Waals surface area contributed by atoms with Crippen LogP contribution in [0.3, 0.4) is 0 Å². The van der Waals surface area contributed by atoms with Gasteiger partial charge >= 0.3 is 11.9 Å². The molecule has 0 unspecified atom stereocenters. The molecule has 0 atom stereocenters. The maximum atomic E-state index is 13.0. The van der Waals surface area contributed by atoms with Crippen LogP contribution in [0.5, 0.6) is 5.75 Å². The summed E-state index contributed by atoms with van der Waals surface area (Å²) in [6, 6.07) is 24.5. The normalized spacial score (nSPS) is 10.6. The number of aromatic carboxylic acids is 1. The molecule has 0 bridgehead atoms. The Balaban J connectivity index is 1.47. The van der Waals surface area contributed by atoms with Gasteiger partial charge in [0.2, 0.25) is 0 Å². The minimum atomic E-state index is -1.08. The third-order valence-corrected chi connectivity index (χ3v) is 6.48. The van der Waals surface area contributed by atoms with Crippen LogP contribution in [0.2, 0.25) is 0 Å². The van der Waals surface area contributed by atoms with Gasteiger partial charge in [0.05, 0.1) is 31.0 Å². The van der Waals surface area contributed by atoms with Crippen LogP contribution in [0.15, 0.2) is 91.0 Å². The van der Waals surface area contributed by atoms with E-state index in [-0.39, 0.29) is 22.7 Å². The maximum absolute atomic E-state index is 13.0. The highest BCUT2D eigenvalue weighted by atomic mass is 16.5. The van der Waals surface area contributed by atoms with E-state index in [9.17, 15) is 19.2 Å². The SMILES string of the molecule is COC(=O)c1cc(C=Cc2ccc(OC)cc2)ccc1NC(=O)c1ccc(N(C)C(=O)c2ccc(C(=O)O)cc2)cc1. The van der Waals surface area contributed by atoms with Crippen LogP contribution in [0, 0.1) is 0 Å². The van der Waals surface area contributed by atoms with E-state index in [0.717, 1.165) is 16.9 Å². The zero-order chi connectivity index (χ0) is 30.2. The predicted octanol–water partition coefficient (Wildman–Crippen LogP) is 5.88. The number of hydrogen-bond donors (Lipinski definition) is 2. The van der Waals surface area contributed by atoms with E-state index in [1.165, 1.54) is 36.3 Å². The van der Waals surface area contributed by atoms with Gasteiger partial charge in [-0.15, -0.1) is 0 Å². The lowest BCUT2D eigenvalue weighted by Crippen LogP contribution is -2.26. The Kier molecular flexibility index (Phi) is 9.14. The van der Waals surface area contributed by atoms with Crippen LogP contribution in [0.4, 0.5) is 11.4 Å². The lowest BCUT2D eigenvalue weighted by atomic mass is 10.1. The largest absolute Gasteiger partial charge is 0.497 e. The Labute approximate surface area is 242 Å². The highest BCUT2D eigenvalue weighted by Crippen LogP contribution is 2.23. The van der Waals surface area contributed by atoms with Gasteiger partial charge < -0.3 is 24.8 Å². The van der Waals surface area contributed by atoms with Crippen molar-refractivity contribution < 1.29 is 33.8 Å². The van der Waals surface area contributed by atoms with Gasteiger partial charge in [0, 0.05) is 23.9 Å². The number of carbonyl (C=O) groups is 4. The zero-order valence-electron chi connectivity index (χ0n) is 23.2. The monoisotopic (exact) mass is 564 g/mol. The maximum Gasteiger partial charge on any atom is 0.339 e. The summed E-state index contributed by atoms with van der Waals surface area (Å²) in [5, 5.41) is 11.8. The summed E-state index contributed by atoms with van der Waals surface area (Å²) < 4.78 is 10.1. The Morgan fingerprint density at radius 1 is 0.738 bits per heavy atom. The average Bonchev–Trinajstić information content (AvgIpc) is 3.03. The number of ether oxygens (including phenoxy) is 2. The fraction of sp³-hybridized carbons (Fsp3) is 0.0909. The molecule has 2 amide bonds. The third kappa shape index (κ3) is 6.89. The Morgan fingerprint density at radius 2 is 1.31 bits per heavy atom. The first-order valence-corrected chi connectivity index (χ1v) is 12.8. The van der Waals surface area contributed by atoms with Crippen molar-refractivity contribution >= 4 is 47.3 Å². The van der Waals surface area contributed by atoms with E-state index < -0.39 is 17.8 Å². The number of rotatable bonds is 9. The number of carboxylic acid groups (broad SMARTS) is 1. The van der Waals surface area contributed by atoms with Crippen molar-refractivity contribution in [1.29, 1.82) is 0 Å². The number of hydrogen-bond acceptors (Lipinski definition) is 6. The molecule has 0 aliphatic rings. The lowest BCUT2D eigenvalue weighted by Gasteiger charge is -2.18. The molecule has 0 aliphatic heterocycles. The van der Waals surface area contributed by atoms with Crippen molar-refractivity contribution in [2.24, 2.45) is 0 Å². The van der Waals surface area contributed by atoms with Crippen LogP contribution in [-0.2, 0) is 4.74 Å². The molecule has 0 radical (unpaired) electrons. The van der Waals surface area contributed by atoms with E-state index in [1.54, 1.807) is 56.6 Å². The van der Waals surface area contributed by atoms with Gasteiger partial charge in [-0.1, -0.05) is 30.4 Å². The molecular formula is C33H28N2O7. The molecule has 0 aromatic heterocycles. The first-order chi connectivity index (χ1) is 20.2. The minimum absolute atomic E-state index is 0.0830. The van der Waals surface area contributed by atoms with Crippen molar-refractivity contribution in [2.45, 2.75) is 0 Å². The van der Waals surface area contributed by atoms with E-state index >= 15 is 0 Å². The Bertz CT molecular complexity index is 1640. The molecule has 4 rings (SSSR count). The predicted molar refractivity (Wildman–Crippen MR) is 160 cm³/mol. The van der Waals surface area contributed by atoms with Gasteiger partial charge in [-0.05, 0) is 83.9 Å². The number of nitrogens with one attached hydrogen (secondary N) is 1. The van der Waals surface area contributed by atoms with Crippen LogP contribution >= 0.6 is 0 Å². The summed E-state index contributed by atoms with van der Waals surface area (Å²) in [7, 11) is 4.45. The molecule has 212 valence electrons. The molecule has 4 aromatic rings. The van der Waals surface area contributed by atoms with Crippen molar-refractivity contribution in [3.05, 3.63) is 124 Å². The van der Waals surface area contributed by atoms with Crippen molar-refractivity contribution in [1.82, 2.24) is 0 Å². The highest BCUT2D eigenvalue weighted by molar-refractivity contribution is 6.09. The minimum Gasteiger partial charge on any atom is -0.497 e. The molecule has 0 heterocycles. The molecule has 0 spiro atoms. The quantitative estimate of drug-likeness (QED) is 0.192. The molecule has 9 heteroatoms. The number of carbonyl (C=O) groups excluding carboxylic acids is 3. The number of anilines is 2. The topological polar surface area (TPSA) is 122 Å². The molecule has 2 N–H and O–H groups in total. The first-order valence-electron chi connectivity index (χ1n) is 12.8. The van der Waals surface area contributed by atoms with Crippen LogP contribution in [0.1, 0.15) is 52.6 Å². The summed E-state index contributed by atoms with van der Waals surface area (Å²) in [5.41, 5.74) is 3.40. The van der Waals surface area contributed by atoms with Crippen molar-refractivity contribution in [3.63, 3.8) is 0 Å². The second kappa shape index (κ2) is 13.1. The van der Waals surface area contributed by atoms with Crippen molar-refractivity contribution in [3.8, 4) is 5.75 Å². The van der Waals surface area contributed by atoms with E-state index in [0.29, 0.717) is 16.8 Å². The summed E-state index contributed by atoms with van der Waals surface area (Å²) in [6.45, 7) is 0. The molecule has 4 aromatic carbocycles. The number of nitrogens with zero attached hydrogens (tertiary/aromatic N) is 1. The Morgan fingerprint density at radius 3 is 1.90 bits per heavy atom. The molecular weight excluding hydrogens is 536 g/mol. The fourth-order valence-corrected chi connectivity index (χ4v) is 4.06. The number of methoxy groups -OCH3 is 2. The zero-order valence-corrected chi connectivity index (χ0v) is 23.2. The molecule has 0 fully saturated rings. The summed E-state index contributed by atoms with van der Waals surface area (Å²) in [5.74, 6) is -1.72. The Hall–Kier alpha value is -5.70. The number of carboxylic acids is 1. The van der Waals surface area contributed by atoms with E-state index in [4.69, 9.17) is 14.6 Å². The van der Waals surface area contributed by atoms with Crippen LogP contribution in [-0.4, -0.2) is 50.1 Å². The molecule has 42 heavy (non-hydrogen) atoms. The van der Waals surface area contributed by atoms with Crippen molar-refractivity contribution in [2.75, 3.05) is 31.5 Å². The fourth-order valence-electron chi connectivity index (χ4n) is 4.06. The van der Waals surface area contributed by atoms with E-state index in [2.05, 4.69) is 5.32 Å². The smallest absolute Gasteiger partial charge is 0.339 e. The van der Waals surface area contributed by atoms with Crippen LogP contribution < -0.4 is 15.0 Å². The van der Waals surface area contributed by atoms with Gasteiger partial charge in [0.15, 0.2) is 0 Å². The average molecular weight is 565 g/mol. The second-order valence-corrected chi connectivity index (χ2v) is 9.15. The number of benzene rings is 4. The highest BCUT2D eigenvalue weighted by Gasteiger charge is 2.18. The van der Waals surface area contributed by atoms with Gasteiger partial charge in [-0.3, -0.25) is 9.59 Å². The lowest BCUT2D eigenvalue weighted by molar-refractivity contribution is 0.0600. The second-order valence-electron chi connectivity index (χ2n) is 9.15. The van der Waals surface area contributed by atoms with Gasteiger partial charge in [-0.25, -0.2) is 9.59 Å². The first kappa shape index (κ1) is 29.3. The molecule has 0 aliphatic carbocycles. The molecule has 9 nitrogen and oxygen atoms in total.